The molecule has 2 heteroatoms. The first-order valence-corrected chi connectivity index (χ1v) is 5.76. The fourth-order valence-corrected chi connectivity index (χ4v) is 1.07. The maximum Gasteiger partial charge on any atom is 0.305 e. The van der Waals surface area contributed by atoms with Crippen molar-refractivity contribution >= 4 is 5.97 Å². The molecule has 0 radical (unpaired) electrons. The molecule has 0 aromatic carbocycles. The Balaban J connectivity index is 3.30. The van der Waals surface area contributed by atoms with Gasteiger partial charge in [0.05, 0.1) is 6.61 Å². The predicted octanol–water partition coefficient (Wildman–Crippen LogP) is 3.63. The first-order chi connectivity index (χ1) is 7.31. The van der Waals surface area contributed by atoms with E-state index in [0.29, 0.717) is 13.0 Å². The van der Waals surface area contributed by atoms with E-state index in [0.717, 1.165) is 25.7 Å². The van der Waals surface area contributed by atoms with Crippen LogP contribution in [0, 0.1) is 0 Å². The highest BCUT2D eigenvalue weighted by Crippen LogP contribution is 1.95. The largest absolute Gasteiger partial charge is 0.465 e. The topological polar surface area (TPSA) is 26.3 Å². The van der Waals surface area contributed by atoms with Gasteiger partial charge in [-0.1, -0.05) is 38.2 Å². The van der Waals surface area contributed by atoms with Gasteiger partial charge in [-0.3, -0.25) is 4.79 Å². The summed E-state index contributed by atoms with van der Waals surface area (Å²) < 4.78 is 5.00. The average Bonchev–Trinajstić information content (AvgIpc) is 2.22. The zero-order valence-corrected chi connectivity index (χ0v) is 9.87. The first-order valence-electron chi connectivity index (χ1n) is 5.76. The number of carbonyl (C=O) groups excluding carboxylic acids is 1. The van der Waals surface area contributed by atoms with E-state index in [1.54, 1.807) is 0 Å². The molecular weight excluding hydrogens is 188 g/mol. The van der Waals surface area contributed by atoms with Crippen LogP contribution in [0.4, 0.5) is 0 Å². The summed E-state index contributed by atoms with van der Waals surface area (Å²) in [6.45, 7) is 4.60. The van der Waals surface area contributed by atoms with Crippen molar-refractivity contribution in [2.75, 3.05) is 6.61 Å². The third-order valence-electron chi connectivity index (χ3n) is 1.84. The first kappa shape index (κ1) is 13.9. The van der Waals surface area contributed by atoms with Crippen molar-refractivity contribution in [2.24, 2.45) is 0 Å². The molecule has 2 nitrogen and oxygen atoms in total. The molecule has 0 amide bonds. The molecule has 0 aromatic heterocycles. The summed E-state index contributed by atoms with van der Waals surface area (Å²) in [5.41, 5.74) is 0. The standard InChI is InChI=1S/C13H22O2/c1-3-5-6-7-8-9-10-12-15-13(14)11-4-2/h5-6,8-9H,3-4,7,10-12H2,1-2H3. The maximum atomic E-state index is 11.0. The molecule has 0 aliphatic heterocycles. The minimum atomic E-state index is -0.0863. The molecule has 0 fully saturated rings. The van der Waals surface area contributed by atoms with Crippen LogP contribution in [-0.4, -0.2) is 12.6 Å². The second-order valence-electron chi connectivity index (χ2n) is 3.35. The molecule has 0 aliphatic carbocycles. The van der Waals surface area contributed by atoms with Crippen molar-refractivity contribution in [3.63, 3.8) is 0 Å². The minimum Gasteiger partial charge on any atom is -0.465 e. The lowest BCUT2D eigenvalue weighted by Crippen LogP contribution is -2.04. The number of esters is 1. The fourth-order valence-electron chi connectivity index (χ4n) is 1.07. The average molecular weight is 210 g/mol. The van der Waals surface area contributed by atoms with Crippen LogP contribution in [0.2, 0.25) is 0 Å². The molecule has 0 aliphatic rings. The van der Waals surface area contributed by atoms with E-state index in [4.69, 9.17) is 4.74 Å². The number of hydrogen-bond donors (Lipinski definition) is 0. The molecule has 0 spiro atoms. The van der Waals surface area contributed by atoms with Crippen LogP contribution in [-0.2, 0) is 9.53 Å². The Kier molecular flexibility index (Phi) is 10.3. The van der Waals surface area contributed by atoms with E-state index in [-0.39, 0.29) is 5.97 Å². The number of carbonyl (C=O) groups is 1. The van der Waals surface area contributed by atoms with Gasteiger partial charge in [-0.2, -0.15) is 0 Å². The van der Waals surface area contributed by atoms with Gasteiger partial charge in [0.25, 0.3) is 0 Å². The Morgan fingerprint density at radius 3 is 2.53 bits per heavy atom. The van der Waals surface area contributed by atoms with Crippen LogP contribution < -0.4 is 0 Å². The van der Waals surface area contributed by atoms with Gasteiger partial charge in [0.2, 0.25) is 0 Å². The van der Waals surface area contributed by atoms with E-state index in [2.05, 4.69) is 31.2 Å². The second kappa shape index (κ2) is 11.0. The minimum absolute atomic E-state index is 0.0863. The maximum absolute atomic E-state index is 11.0. The molecule has 0 bridgehead atoms. The van der Waals surface area contributed by atoms with Crippen molar-refractivity contribution in [2.45, 2.75) is 46.0 Å². The lowest BCUT2D eigenvalue weighted by atomic mass is 10.3. The van der Waals surface area contributed by atoms with Crippen LogP contribution in [0.25, 0.3) is 0 Å². The highest BCUT2D eigenvalue weighted by atomic mass is 16.5. The van der Waals surface area contributed by atoms with Gasteiger partial charge in [0.1, 0.15) is 0 Å². The zero-order chi connectivity index (χ0) is 11.4. The van der Waals surface area contributed by atoms with E-state index in [9.17, 15) is 4.79 Å². The highest BCUT2D eigenvalue weighted by Gasteiger charge is 1.97. The van der Waals surface area contributed by atoms with E-state index in [1.807, 2.05) is 6.92 Å². The number of rotatable bonds is 8. The van der Waals surface area contributed by atoms with Gasteiger partial charge < -0.3 is 4.74 Å². The molecule has 0 heterocycles. The van der Waals surface area contributed by atoms with Crippen LogP contribution >= 0.6 is 0 Å². The zero-order valence-electron chi connectivity index (χ0n) is 9.87. The van der Waals surface area contributed by atoms with Gasteiger partial charge in [0, 0.05) is 6.42 Å². The van der Waals surface area contributed by atoms with Crippen molar-refractivity contribution < 1.29 is 9.53 Å². The SMILES string of the molecule is CCC=CCC=CCCOC(=O)CCC. The molecule has 0 unspecified atom stereocenters. The Morgan fingerprint density at radius 2 is 1.87 bits per heavy atom. The second-order valence-corrected chi connectivity index (χ2v) is 3.35. The normalized spacial score (nSPS) is 11.3. The quantitative estimate of drug-likeness (QED) is 0.347. The third-order valence-corrected chi connectivity index (χ3v) is 1.84. The van der Waals surface area contributed by atoms with E-state index >= 15 is 0 Å². The molecule has 0 saturated heterocycles. The lowest BCUT2D eigenvalue weighted by Gasteiger charge is -2.00. The fraction of sp³-hybridized carbons (Fsp3) is 0.615. The Bertz CT molecular complexity index is 205. The van der Waals surface area contributed by atoms with Crippen molar-refractivity contribution in [3.8, 4) is 0 Å². The van der Waals surface area contributed by atoms with Gasteiger partial charge in [-0.25, -0.2) is 0 Å². The molecule has 0 N–H and O–H groups in total. The van der Waals surface area contributed by atoms with E-state index in [1.165, 1.54) is 0 Å². The van der Waals surface area contributed by atoms with E-state index < -0.39 is 0 Å². The Hall–Kier alpha value is -1.05. The summed E-state index contributed by atoms with van der Waals surface area (Å²) >= 11 is 0. The van der Waals surface area contributed by atoms with Crippen LogP contribution in [0.1, 0.15) is 46.0 Å². The molecule has 0 aromatic rings. The Morgan fingerprint density at radius 1 is 1.13 bits per heavy atom. The molecule has 0 rings (SSSR count). The summed E-state index contributed by atoms with van der Waals surface area (Å²) in [5, 5.41) is 0. The van der Waals surface area contributed by atoms with Crippen molar-refractivity contribution in [3.05, 3.63) is 24.3 Å². The van der Waals surface area contributed by atoms with Crippen LogP contribution in [0.3, 0.4) is 0 Å². The molecule has 0 saturated carbocycles. The summed E-state index contributed by atoms with van der Waals surface area (Å²) in [5.74, 6) is -0.0863. The van der Waals surface area contributed by atoms with Gasteiger partial charge in [-0.15, -0.1) is 0 Å². The van der Waals surface area contributed by atoms with Crippen molar-refractivity contribution in [1.29, 1.82) is 0 Å². The predicted molar refractivity (Wildman–Crippen MR) is 63.7 cm³/mol. The van der Waals surface area contributed by atoms with Gasteiger partial charge in [0.15, 0.2) is 0 Å². The van der Waals surface area contributed by atoms with Gasteiger partial charge >= 0.3 is 5.97 Å². The van der Waals surface area contributed by atoms with Crippen molar-refractivity contribution in [1.82, 2.24) is 0 Å². The molecule has 0 atom stereocenters. The number of allylic oxidation sites excluding steroid dienone is 3. The molecular formula is C13H22O2. The molecule has 86 valence electrons. The van der Waals surface area contributed by atoms with Crippen LogP contribution in [0.15, 0.2) is 24.3 Å². The van der Waals surface area contributed by atoms with Crippen LogP contribution in [0.5, 0.6) is 0 Å². The third kappa shape index (κ3) is 10.9. The van der Waals surface area contributed by atoms with Gasteiger partial charge in [-0.05, 0) is 25.7 Å². The number of hydrogen-bond acceptors (Lipinski definition) is 2. The molecule has 15 heavy (non-hydrogen) atoms. The number of ether oxygens (including phenoxy) is 1. The smallest absolute Gasteiger partial charge is 0.305 e. The summed E-state index contributed by atoms with van der Waals surface area (Å²) in [4.78, 5) is 11.0. The Labute approximate surface area is 93.0 Å². The highest BCUT2D eigenvalue weighted by molar-refractivity contribution is 5.69. The summed E-state index contributed by atoms with van der Waals surface area (Å²) in [6, 6.07) is 0. The monoisotopic (exact) mass is 210 g/mol. The lowest BCUT2D eigenvalue weighted by molar-refractivity contribution is -0.143. The summed E-state index contributed by atoms with van der Waals surface area (Å²) in [7, 11) is 0. The summed E-state index contributed by atoms with van der Waals surface area (Å²) in [6.07, 6.45) is 12.7.